The van der Waals surface area contributed by atoms with Crippen molar-refractivity contribution in [2.75, 3.05) is 5.32 Å². The van der Waals surface area contributed by atoms with Crippen molar-refractivity contribution >= 4 is 17.6 Å². The SMILES string of the molecule is CC(C)(C(=O)O)n1cc(NC(=O)c2cnccn2)cn1. The molecule has 0 saturated carbocycles. The molecule has 0 atom stereocenters. The van der Waals surface area contributed by atoms with Gasteiger partial charge in [0.05, 0.1) is 18.1 Å². The first-order chi connectivity index (χ1) is 9.41. The molecule has 0 saturated heterocycles. The topological polar surface area (TPSA) is 110 Å². The highest BCUT2D eigenvalue weighted by Crippen LogP contribution is 2.17. The minimum atomic E-state index is -1.20. The lowest BCUT2D eigenvalue weighted by Gasteiger charge is -2.19. The number of nitrogens with zero attached hydrogens (tertiary/aromatic N) is 4. The van der Waals surface area contributed by atoms with Crippen molar-refractivity contribution in [2.45, 2.75) is 19.4 Å². The zero-order valence-corrected chi connectivity index (χ0v) is 10.9. The summed E-state index contributed by atoms with van der Waals surface area (Å²) in [5.41, 5.74) is -0.650. The number of carboxylic acid groups (broad SMARTS) is 1. The second-order valence-corrected chi connectivity index (χ2v) is 4.58. The van der Waals surface area contributed by atoms with Crippen LogP contribution in [0.1, 0.15) is 24.3 Å². The Bertz CT molecular complexity index is 636. The third kappa shape index (κ3) is 2.63. The van der Waals surface area contributed by atoms with E-state index in [1.54, 1.807) is 0 Å². The number of anilines is 1. The lowest BCUT2D eigenvalue weighted by Crippen LogP contribution is -2.35. The highest BCUT2D eigenvalue weighted by Gasteiger charge is 2.30. The maximum Gasteiger partial charge on any atom is 0.331 e. The van der Waals surface area contributed by atoms with E-state index in [0.717, 1.165) is 0 Å². The van der Waals surface area contributed by atoms with E-state index in [2.05, 4.69) is 20.4 Å². The number of aliphatic carboxylic acids is 1. The van der Waals surface area contributed by atoms with Crippen LogP contribution in [0.5, 0.6) is 0 Å². The molecule has 0 spiro atoms. The molecular weight excluding hydrogens is 262 g/mol. The van der Waals surface area contributed by atoms with E-state index in [9.17, 15) is 9.59 Å². The van der Waals surface area contributed by atoms with Crippen molar-refractivity contribution < 1.29 is 14.7 Å². The lowest BCUT2D eigenvalue weighted by molar-refractivity contribution is -0.146. The van der Waals surface area contributed by atoms with Crippen LogP contribution < -0.4 is 5.32 Å². The summed E-state index contributed by atoms with van der Waals surface area (Å²) in [5, 5.41) is 15.6. The highest BCUT2D eigenvalue weighted by atomic mass is 16.4. The average Bonchev–Trinajstić information content (AvgIpc) is 2.88. The molecule has 0 aromatic carbocycles. The molecule has 8 nitrogen and oxygen atoms in total. The lowest BCUT2D eigenvalue weighted by atomic mass is 10.1. The quantitative estimate of drug-likeness (QED) is 0.851. The summed E-state index contributed by atoms with van der Waals surface area (Å²) >= 11 is 0. The Kier molecular flexibility index (Phi) is 3.47. The minimum Gasteiger partial charge on any atom is -0.479 e. The normalized spacial score (nSPS) is 11.1. The molecule has 0 aliphatic heterocycles. The number of aromatic nitrogens is 4. The molecular formula is C12H13N5O3. The Labute approximate surface area is 114 Å². The first-order valence-corrected chi connectivity index (χ1v) is 5.77. The smallest absolute Gasteiger partial charge is 0.331 e. The molecule has 0 unspecified atom stereocenters. The van der Waals surface area contributed by atoms with Gasteiger partial charge in [0.25, 0.3) is 5.91 Å². The summed E-state index contributed by atoms with van der Waals surface area (Å²) in [4.78, 5) is 30.6. The number of hydrogen-bond donors (Lipinski definition) is 2. The van der Waals surface area contributed by atoms with Gasteiger partial charge in [-0.3, -0.25) is 14.5 Å². The average molecular weight is 275 g/mol. The van der Waals surface area contributed by atoms with Crippen LogP contribution in [0, 0.1) is 0 Å². The van der Waals surface area contributed by atoms with Crippen molar-refractivity contribution in [1.82, 2.24) is 19.7 Å². The zero-order valence-electron chi connectivity index (χ0n) is 10.9. The maximum absolute atomic E-state index is 11.8. The van der Waals surface area contributed by atoms with Gasteiger partial charge in [0.2, 0.25) is 0 Å². The van der Waals surface area contributed by atoms with Crippen LogP contribution in [0.3, 0.4) is 0 Å². The number of rotatable bonds is 4. The Morgan fingerprint density at radius 1 is 1.30 bits per heavy atom. The number of carbonyl (C=O) groups is 2. The Balaban J connectivity index is 2.15. The van der Waals surface area contributed by atoms with Crippen LogP contribution in [0.4, 0.5) is 5.69 Å². The summed E-state index contributed by atoms with van der Waals surface area (Å²) < 4.78 is 1.27. The first kappa shape index (κ1) is 13.7. The number of carboxylic acids is 1. The van der Waals surface area contributed by atoms with E-state index in [4.69, 9.17) is 5.11 Å². The van der Waals surface area contributed by atoms with E-state index in [1.807, 2.05) is 0 Å². The van der Waals surface area contributed by atoms with Gasteiger partial charge in [0, 0.05) is 18.6 Å². The molecule has 20 heavy (non-hydrogen) atoms. The summed E-state index contributed by atoms with van der Waals surface area (Å²) in [6.07, 6.45) is 7.03. The molecule has 0 fully saturated rings. The van der Waals surface area contributed by atoms with E-state index >= 15 is 0 Å². The molecule has 8 heteroatoms. The predicted molar refractivity (Wildman–Crippen MR) is 69.2 cm³/mol. The van der Waals surface area contributed by atoms with Crippen molar-refractivity contribution in [3.8, 4) is 0 Å². The molecule has 2 aromatic rings. The van der Waals surface area contributed by atoms with Gasteiger partial charge in [-0.15, -0.1) is 0 Å². The van der Waals surface area contributed by atoms with Gasteiger partial charge in [-0.2, -0.15) is 5.10 Å². The molecule has 1 amide bonds. The van der Waals surface area contributed by atoms with Gasteiger partial charge in [0.15, 0.2) is 5.54 Å². The number of carbonyl (C=O) groups excluding carboxylic acids is 1. The summed E-state index contributed by atoms with van der Waals surface area (Å²) in [7, 11) is 0. The van der Waals surface area contributed by atoms with Crippen molar-refractivity contribution in [3.63, 3.8) is 0 Å². The fraction of sp³-hybridized carbons (Fsp3) is 0.250. The summed E-state index contributed by atoms with van der Waals surface area (Å²) in [5.74, 6) is -1.46. The molecule has 104 valence electrons. The molecule has 0 bridgehead atoms. The van der Waals surface area contributed by atoms with Gasteiger partial charge >= 0.3 is 5.97 Å². The molecule has 2 heterocycles. The Hall–Kier alpha value is -2.77. The third-order valence-corrected chi connectivity index (χ3v) is 2.73. The van der Waals surface area contributed by atoms with Gasteiger partial charge < -0.3 is 10.4 Å². The van der Waals surface area contributed by atoms with Gasteiger partial charge in [-0.05, 0) is 13.8 Å². The van der Waals surface area contributed by atoms with Gasteiger partial charge in [0.1, 0.15) is 5.69 Å². The number of hydrogen-bond acceptors (Lipinski definition) is 5. The second-order valence-electron chi connectivity index (χ2n) is 4.58. The fourth-order valence-electron chi connectivity index (χ4n) is 1.40. The Morgan fingerprint density at radius 2 is 2.05 bits per heavy atom. The molecule has 0 aliphatic carbocycles. The van der Waals surface area contributed by atoms with Crippen molar-refractivity contribution in [1.29, 1.82) is 0 Å². The molecule has 2 N–H and O–H groups in total. The van der Waals surface area contributed by atoms with Gasteiger partial charge in [-0.1, -0.05) is 0 Å². The molecule has 2 rings (SSSR count). The van der Waals surface area contributed by atoms with E-state index in [1.165, 1.54) is 49.5 Å². The van der Waals surface area contributed by atoms with Crippen LogP contribution in [0.15, 0.2) is 31.0 Å². The standard InChI is InChI=1S/C12H13N5O3/c1-12(2,11(19)20)17-7-8(5-15-17)16-10(18)9-6-13-3-4-14-9/h3-7H,1-2H3,(H,16,18)(H,19,20). The molecule has 0 radical (unpaired) electrons. The van der Waals surface area contributed by atoms with Crippen LogP contribution in [-0.2, 0) is 10.3 Å². The summed E-state index contributed by atoms with van der Waals surface area (Å²) in [6, 6.07) is 0. The van der Waals surface area contributed by atoms with Crippen LogP contribution in [0.2, 0.25) is 0 Å². The molecule has 2 aromatic heterocycles. The highest BCUT2D eigenvalue weighted by molar-refractivity contribution is 6.02. The van der Waals surface area contributed by atoms with Crippen LogP contribution in [-0.4, -0.2) is 36.7 Å². The zero-order chi connectivity index (χ0) is 14.8. The van der Waals surface area contributed by atoms with Crippen LogP contribution >= 0.6 is 0 Å². The minimum absolute atomic E-state index is 0.165. The second kappa shape index (κ2) is 5.08. The number of nitrogens with one attached hydrogen (secondary N) is 1. The predicted octanol–water partition coefficient (Wildman–Crippen LogP) is 0.745. The molecule has 0 aliphatic rings. The van der Waals surface area contributed by atoms with Crippen molar-refractivity contribution in [3.05, 3.63) is 36.7 Å². The fourth-order valence-corrected chi connectivity index (χ4v) is 1.40. The number of amides is 1. The van der Waals surface area contributed by atoms with Gasteiger partial charge in [-0.25, -0.2) is 9.78 Å². The maximum atomic E-state index is 11.8. The Morgan fingerprint density at radius 3 is 2.65 bits per heavy atom. The monoisotopic (exact) mass is 275 g/mol. The van der Waals surface area contributed by atoms with Crippen LogP contribution in [0.25, 0.3) is 0 Å². The van der Waals surface area contributed by atoms with E-state index < -0.39 is 17.4 Å². The first-order valence-electron chi connectivity index (χ1n) is 5.77. The largest absolute Gasteiger partial charge is 0.479 e. The van der Waals surface area contributed by atoms with Crippen molar-refractivity contribution in [2.24, 2.45) is 0 Å². The van der Waals surface area contributed by atoms with E-state index in [0.29, 0.717) is 5.69 Å². The summed E-state index contributed by atoms with van der Waals surface area (Å²) in [6.45, 7) is 3.02. The van der Waals surface area contributed by atoms with E-state index in [-0.39, 0.29) is 5.69 Å². The third-order valence-electron chi connectivity index (χ3n) is 2.73.